The van der Waals surface area contributed by atoms with Gasteiger partial charge in [-0.1, -0.05) is 24.2 Å². The van der Waals surface area contributed by atoms with Gasteiger partial charge in [-0.2, -0.15) is 0 Å². The first-order chi connectivity index (χ1) is 10.3. The number of halogens is 4. The monoisotopic (exact) mass is 347 g/mol. The van der Waals surface area contributed by atoms with E-state index >= 15 is 0 Å². The van der Waals surface area contributed by atoms with E-state index in [9.17, 15) is 17.4 Å². The van der Waals surface area contributed by atoms with Crippen LogP contribution in [0.1, 0.15) is 5.56 Å². The highest BCUT2D eigenvalue weighted by atomic mass is 35.5. The van der Waals surface area contributed by atoms with Gasteiger partial charge in [-0.25, -0.2) is 17.4 Å². The second-order valence-electron chi connectivity index (χ2n) is 4.25. The molecule has 2 aromatic carbocycles. The van der Waals surface area contributed by atoms with Crippen LogP contribution in [0.5, 0.6) is 0 Å². The molecular formula is C14H9ClF3NO2S. The first kappa shape index (κ1) is 16.5. The van der Waals surface area contributed by atoms with Crippen molar-refractivity contribution >= 4 is 34.1 Å². The van der Waals surface area contributed by atoms with Crippen molar-refractivity contribution in [3.63, 3.8) is 0 Å². The van der Waals surface area contributed by atoms with E-state index in [0.29, 0.717) is 5.56 Å². The maximum atomic E-state index is 13.1. The number of benzene rings is 2. The Kier molecular flexibility index (Phi) is 4.90. The number of anilines is 1. The minimum Gasteiger partial charge on any atom is -0.355 e. The Hall–Kier alpha value is -1.83. The minimum atomic E-state index is -2.29. The maximum Gasteiger partial charge on any atom is 0.194 e. The van der Waals surface area contributed by atoms with Gasteiger partial charge in [-0.15, -0.1) is 0 Å². The number of hydrogen-bond donors (Lipinski definition) is 2. The Morgan fingerprint density at radius 3 is 2.32 bits per heavy atom. The Bertz CT molecular complexity index is 760. The van der Waals surface area contributed by atoms with E-state index in [1.807, 2.05) is 0 Å². The van der Waals surface area contributed by atoms with Gasteiger partial charge in [0.1, 0.15) is 0 Å². The van der Waals surface area contributed by atoms with Crippen LogP contribution in [0.4, 0.5) is 18.9 Å². The third-order valence-corrected chi connectivity index (χ3v) is 3.90. The molecule has 2 rings (SSSR count). The molecule has 0 heterocycles. The third kappa shape index (κ3) is 3.49. The SMILES string of the molecule is C=C(Nc1cc(F)c(F)c(F)c1)c1ccc(Cl)c(S(=O)O)c1. The molecule has 0 radical (unpaired) electrons. The van der Waals surface area contributed by atoms with Gasteiger partial charge in [0, 0.05) is 23.5 Å². The Balaban J connectivity index is 2.30. The molecule has 0 spiro atoms. The second kappa shape index (κ2) is 6.51. The number of hydrogen-bond acceptors (Lipinski definition) is 2. The van der Waals surface area contributed by atoms with Gasteiger partial charge in [0.2, 0.25) is 0 Å². The summed E-state index contributed by atoms with van der Waals surface area (Å²) < 4.78 is 59.4. The van der Waals surface area contributed by atoms with E-state index in [1.165, 1.54) is 18.2 Å². The lowest BCUT2D eigenvalue weighted by molar-refractivity contribution is 0.448. The van der Waals surface area contributed by atoms with Crippen molar-refractivity contribution < 1.29 is 21.9 Å². The summed E-state index contributed by atoms with van der Waals surface area (Å²) in [6.45, 7) is 3.66. The highest BCUT2D eigenvalue weighted by Gasteiger charge is 2.13. The molecule has 2 aromatic rings. The molecule has 0 saturated carbocycles. The van der Waals surface area contributed by atoms with Crippen LogP contribution in [0, 0.1) is 17.5 Å². The number of rotatable bonds is 4. The fraction of sp³-hybridized carbons (Fsp3) is 0. The zero-order valence-corrected chi connectivity index (χ0v) is 12.4. The molecule has 2 N–H and O–H groups in total. The number of nitrogens with one attached hydrogen (secondary N) is 1. The van der Waals surface area contributed by atoms with Gasteiger partial charge in [-0.3, -0.25) is 0 Å². The first-order valence-electron chi connectivity index (χ1n) is 5.81. The lowest BCUT2D eigenvalue weighted by atomic mass is 10.1. The molecule has 3 nitrogen and oxygen atoms in total. The van der Waals surface area contributed by atoms with Crippen LogP contribution in [0.3, 0.4) is 0 Å². The van der Waals surface area contributed by atoms with E-state index in [0.717, 1.165) is 12.1 Å². The van der Waals surface area contributed by atoms with Crippen LogP contribution in [0.25, 0.3) is 5.70 Å². The summed E-state index contributed by atoms with van der Waals surface area (Å²) in [5.74, 6) is -4.26. The lowest BCUT2D eigenvalue weighted by Crippen LogP contribution is -2.01. The molecule has 0 aliphatic heterocycles. The summed E-state index contributed by atoms with van der Waals surface area (Å²) in [5.41, 5.74) is 0.517. The largest absolute Gasteiger partial charge is 0.355 e. The van der Waals surface area contributed by atoms with E-state index < -0.39 is 28.5 Å². The van der Waals surface area contributed by atoms with Crippen LogP contribution in [-0.2, 0) is 11.1 Å². The summed E-state index contributed by atoms with van der Waals surface area (Å²) >= 11 is 3.48. The normalized spacial score (nSPS) is 12.0. The topological polar surface area (TPSA) is 49.3 Å². The highest BCUT2D eigenvalue weighted by molar-refractivity contribution is 7.79. The van der Waals surface area contributed by atoms with Crippen LogP contribution in [0.15, 0.2) is 41.8 Å². The second-order valence-corrected chi connectivity index (χ2v) is 5.60. The van der Waals surface area contributed by atoms with Crippen molar-refractivity contribution in [1.29, 1.82) is 0 Å². The van der Waals surface area contributed by atoms with Gasteiger partial charge in [0.25, 0.3) is 0 Å². The molecule has 0 bridgehead atoms. The summed E-state index contributed by atoms with van der Waals surface area (Å²) in [5, 5.41) is 2.68. The van der Waals surface area contributed by atoms with Gasteiger partial charge in [0.05, 0.1) is 9.92 Å². The van der Waals surface area contributed by atoms with Gasteiger partial charge in [0.15, 0.2) is 28.5 Å². The molecule has 8 heteroatoms. The zero-order valence-electron chi connectivity index (χ0n) is 10.9. The minimum absolute atomic E-state index is 0.0291. The molecule has 0 aliphatic rings. The molecule has 0 amide bonds. The zero-order chi connectivity index (χ0) is 16.4. The predicted octanol–water partition coefficient (Wildman–Crippen LogP) is 4.42. The van der Waals surface area contributed by atoms with Crippen molar-refractivity contribution in [1.82, 2.24) is 0 Å². The van der Waals surface area contributed by atoms with Crippen LogP contribution in [0.2, 0.25) is 5.02 Å². The van der Waals surface area contributed by atoms with Gasteiger partial charge < -0.3 is 9.87 Å². The molecule has 0 saturated heterocycles. The fourth-order valence-electron chi connectivity index (χ4n) is 1.70. The maximum absolute atomic E-state index is 13.1. The van der Waals surface area contributed by atoms with Crippen molar-refractivity contribution in [3.05, 3.63) is 64.9 Å². The van der Waals surface area contributed by atoms with Crippen molar-refractivity contribution in [3.8, 4) is 0 Å². The quantitative estimate of drug-likeness (QED) is 0.636. The molecule has 1 atom stereocenters. The molecule has 0 fully saturated rings. The van der Waals surface area contributed by atoms with Gasteiger partial charge >= 0.3 is 0 Å². The molecule has 0 aliphatic carbocycles. The lowest BCUT2D eigenvalue weighted by Gasteiger charge is -2.12. The summed E-state index contributed by atoms with van der Waals surface area (Å²) in [7, 11) is 0. The van der Waals surface area contributed by atoms with Crippen molar-refractivity contribution in [2.24, 2.45) is 0 Å². The van der Waals surface area contributed by atoms with Gasteiger partial charge in [-0.05, 0) is 17.7 Å². The van der Waals surface area contributed by atoms with E-state index in [2.05, 4.69) is 11.9 Å². The van der Waals surface area contributed by atoms with Crippen molar-refractivity contribution in [2.75, 3.05) is 5.32 Å². The standard InChI is InChI=1S/C14H9ClF3NO2S/c1-7(8-2-3-10(15)13(4-8)22(20)21)19-9-5-11(16)14(18)12(17)6-9/h2-6,19H,1H2,(H,20,21). The average molecular weight is 348 g/mol. The van der Waals surface area contributed by atoms with Crippen LogP contribution >= 0.6 is 11.6 Å². The summed E-state index contributed by atoms with van der Waals surface area (Å²) in [6.07, 6.45) is 0. The smallest absolute Gasteiger partial charge is 0.194 e. The van der Waals surface area contributed by atoms with Crippen LogP contribution < -0.4 is 5.32 Å². The van der Waals surface area contributed by atoms with Crippen molar-refractivity contribution in [2.45, 2.75) is 4.90 Å². The Labute approximate surface area is 131 Å². The predicted molar refractivity (Wildman–Crippen MR) is 79.5 cm³/mol. The van der Waals surface area contributed by atoms with E-state index in [4.69, 9.17) is 16.2 Å². The molecule has 116 valence electrons. The average Bonchev–Trinajstić information content (AvgIpc) is 2.44. The molecule has 22 heavy (non-hydrogen) atoms. The first-order valence-corrected chi connectivity index (χ1v) is 7.29. The third-order valence-electron chi connectivity index (χ3n) is 2.75. The van der Waals surface area contributed by atoms with E-state index in [1.54, 1.807) is 0 Å². The molecule has 0 aromatic heterocycles. The summed E-state index contributed by atoms with van der Waals surface area (Å²) in [4.78, 5) is -0.0291. The summed E-state index contributed by atoms with van der Waals surface area (Å²) in [6, 6.07) is 5.74. The fourth-order valence-corrected chi connectivity index (χ4v) is 2.48. The highest BCUT2D eigenvalue weighted by Crippen LogP contribution is 2.26. The Morgan fingerprint density at radius 2 is 1.77 bits per heavy atom. The molecular weight excluding hydrogens is 339 g/mol. The van der Waals surface area contributed by atoms with E-state index in [-0.39, 0.29) is 21.3 Å². The molecule has 1 unspecified atom stereocenters. The van der Waals surface area contributed by atoms with Crippen LogP contribution in [-0.4, -0.2) is 8.76 Å². The Morgan fingerprint density at radius 1 is 1.18 bits per heavy atom.